The number of fused-ring (bicyclic) bond motifs is 2. The lowest BCUT2D eigenvalue weighted by atomic mass is 10.1. The van der Waals surface area contributed by atoms with Gasteiger partial charge in [-0.2, -0.15) is 18.3 Å². The Bertz CT molecular complexity index is 1120. The van der Waals surface area contributed by atoms with E-state index < -0.39 is 35.6 Å². The van der Waals surface area contributed by atoms with Crippen LogP contribution >= 0.6 is 11.6 Å². The zero-order valence-electron chi connectivity index (χ0n) is 14.2. The molecular weight excluding hydrogens is 405 g/mol. The molecule has 1 amide bonds. The second-order valence-corrected chi connectivity index (χ2v) is 6.74. The second kappa shape index (κ2) is 6.16. The number of aryl methyl sites for hydroxylation is 1. The molecule has 28 heavy (non-hydrogen) atoms. The lowest BCUT2D eigenvalue weighted by Crippen LogP contribution is -2.25. The minimum atomic E-state index is -4.77. The molecule has 3 aromatic rings. The summed E-state index contributed by atoms with van der Waals surface area (Å²) in [5.41, 5.74) is -1.41. The van der Waals surface area contributed by atoms with Crippen LogP contribution in [0.4, 0.5) is 33.5 Å². The summed E-state index contributed by atoms with van der Waals surface area (Å²) < 4.78 is 68.1. The van der Waals surface area contributed by atoms with Crippen molar-refractivity contribution < 1.29 is 26.7 Å². The Hall–Kier alpha value is -2.68. The molecule has 0 spiro atoms. The van der Waals surface area contributed by atoms with Crippen LogP contribution in [0.15, 0.2) is 30.3 Å². The Morgan fingerprint density at radius 1 is 1.18 bits per heavy atom. The molecule has 0 N–H and O–H groups in total. The molecule has 0 radical (unpaired) electrons. The zero-order valence-corrected chi connectivity index (χ0v) is 14.9. The zero-order chi connectivity index (χ0) is 20.4. The van der Waals surface area contributed by atoms with Gasteiger partial charge in [0.25, 0.3) is 6.43 Å². The summed E-state index contributed by atoms with van der Waals surface area (Å²) in [6.45, 7) is 1.20. The van der Waals surface area contributed by atoms with E-state index in [0.29, 0.717) is 5.56 Å². The van der Waals surface area contributed by atoms with Crippen LogP contribution in [0.5, 0.6) is 0 Å². The van der Waals surface area contributed by atoms with Gasteiger partial charge in [0.15, 0.2) is 11.5 Å². The fourth-order valence-electron chi connectivity index (χ4n) is 3.44. The highest BCUT2D eigenvalue weighted by Crippen LogP contribution is 2.44. The van der Waals surface area contributed by atoms with E-state index in [2.05, 4.69) is 5.10 Å². The van der Waals surface area contributed by atoms with Crippen LogP contribution in [0.3, 0.4) is 0 Å². The molecule has 1 aliphatic rings. The molecule has 146 valence electrons. The predicted molar refractivity (Wildman–Crippen MR) is 92.2 cm³/mol. The maximum Gasteiger partial charge on any atom is 0.435 e. The number of hydrogen-bond acceptors (Lipinski definition) is 2. The monoisotopic (exact) mass is 415 g/mol. The number of rotatable bonds is 2. The van der Waals surface area contributed by atoms with Gasteiger partial charge in [-0.3, -0.25) is 9.69 Å². The van der Waals surface area contributed by atoms with E-state index in [1.54, 1.807) is 12.1 Å². The average Bonchev–Trinajstić information content (AvgIpc) is 3.11. The molecule has 3 heterocycles. The molecule has 0 atom stereocenters. The van der Waals surface area contributed by atoms with Gasteiger partial charge < -0.3 is 0 Å². The number of carbonyl (C=O) groups is 1. The molecule has 0 bridgehead atoms. The third-order valence-electron chi connectivity index (χ3n) is 4.65. The van der Waals surface area contributed by atoms with Gasteiger partial charge in [0.05, 0.1) is 28.2 Å². The summed E-state index contributed by atoms with van der Waals surface area (Å²) in [6.07, 6.45) is -7.93. The Kier molecular flexibility index (Phi) is 4.11. The number of nitrogens with zero attached hydrogens (tertiary/aromatic N) is 3. The second-order valence-electron chi connectivity index (χ2n) is 6.33. The van der Waals surface area contributed by atoms with E-state index >= 15 is 0 Å². The Morgan fingerprint density at radius 2 is 1.89 bits per heavy atom. The fourth-order valence-corrected chi connectivity index (χ4v) is 3.72. The number of hydrogen-bond donors (Lipinski definition) is 0. The molecule has 1 aliphatic heterocycles. The maximum absolute atomic E-state index is 13.7. The van der Waals surface area contributed by atoms with Crippen molar-refractivity contribution in [3.63, 3.8) is 0 Å². The number of halogens is 6. The Balaban J connectivity index is 2.09. The molecule has 0 saturated heterocycles. The first-order valence-corrected chi connectivity index (χ1v) is 8.47. The highest BCUT2D eigenvalue weighted by Gasteiger charge is 2.40. The summed E-state index contributed by atoms with van der Waals surface area (Å²) in [7, 11) is 0. The maximum atomic E-state index is 13.7. The summed E-state index contributed by atoms with van der Waals surface area (Å²) in [4.78, 5) is 13.6. The standard InChI is InChI=1S/C18H11ClF5N3O/c1-8-12-6-5-10(16(20)21)17(27(12)25-15(8)18(22,23)24)26-13(28)7-9-3-2-4-11(19)14(9)26/h2-6,16H,7H2,1H3. The van der Waals surface area contributed by atoms with Crippen molar-refractivity contribution in [2.24, 2.45) is 0 Å². The number of para-hydroxylation sites is 1. The largest absolute Gasteiger partial charge is 0.435 e. The van der Waals surface area contributed by atoms with Crippen molar-refractivity contribution in [2.45, 2.75) is 25.9 Å². The first-order chi connectivity index (χ1) is 13.1. The molecule has 4 nitrogen and oxygen atoms in total. The molecule has 10 heteroatoms. The lowest BCUT2D eigenvalue weighted by molar-refractivity contribution is -0.141. The first-order valence-electron chi connectivity index (χ1n) is 8.09. The number of alkyl halides is 5. The highest BCUT2D eigenvalue weighted by atomic mass is 35.5. The van der Waals surface area contributed by atoms with Gasteiger partial charge in [-0.05, 0) is 30.7 Å². The van der Waals surface area contributed by atoms with Gasteiger partial charge in [0.2, 0.25) is 5.91 Å². The van der Waals surface area contributed by atoms with Gasteiger partial charge in [-0.15, -0.1) is 0 Å². The molecule has 0 fully saturated rings. The van der Waals surface area contributed by atoms with E-state index in [-0.39, 0.29) is 28.2 Å². The molecule has 4 rings (SSSR count). The topological polar surface area (TPSA) is 37.6 Å². The Labute approximate surface area is 160 Å². The third kappa shape index (κ3) is 2.64. The number of aromatic nitrogens is 2. The number of benzene rings is 1. The summed E-state index contributed by atoms with van der Waals surface area (Å²) in [6, 6.07) is 6.83. The summed E-state index contributed by atoms with van der Waals surface area (Å²) >= 11 is 6.18. The van der Waals surface area contributed by atoms with Gasteiger partial charge >= 0.3 is 6.18 Å². The van der Waals surface area contributed by atoms with Gasteiger partial charge in [-0.1, -0.05) is 23.7 Å². The molecule has 2 aromatic heterocycles. The van der Waals surface area contributed by atoms with Gasteiger partial charge in [0, 0.05) is 5.56 Å². The predicted octanol–water partition coefficient (Wildman–Crippen LogP) is 5.47. The average molecular weight is 416 g/mol. The molecule has 1 aromatic carbocycles. The van der Waals surface area contributed by atoms with Crippen LogP contribution in [-0.4, -0.2) is 15.5 Å². The summed E-state index contributed by atoms with van der Waals surface area (Å²) in [5, 5.41) is 3.65. The Morgan fingerprint density at radius 3 is 2.54 bits per heavy atom. The quantitative estimate of drug-likeness (QED) is 0.520. The van der Waals surface area contributed by atoms with Crippen molar-refractivity contribution >= 4 is 34.5 Å². The number of pyridine rings is 1. The smallest absolute Gasteiger partial charge is 0.274 e. The van der Waals surface area contributed by atoms with Crippen molar-refractivity contribution in [1.82, 2.24) is 9.61 Å². The lowest BCUT2D eigenvalue weighted by Gasteiger charge is -2.22. The van der Waals surface area contributed by atoms with Crippen LogP contribution in [0.1, 0.15) is 28.8 Å². The number of carbonyl (C=O) groups excluding carboxylic acids is 1. The summed E-state index contributed by atoms with van der Waals surface area (Å²) in [5.74, 6) is -1.03. The highest BCUT2D eigenvalue weighted by molar-refractivity contribution is 6.35. The normalized spacial score (nSPS) is 14.4. The minimum absolute atomic E-state index is 0.0278. The SMILES string of the molecule is Cc1c(C(F)(F)F)nn2c(N3C(=O)Cc4cccc(Cl)c43)c(C(F)F)ccc12. The van der Waals surface area contributed by atoms with Crippen LogP contribution in [-0.2, 0) is 17.4 Å². The minimum Gasteiger partial charge on any atom is -0.274 e. The molecular formula is C18H11ClF5N3O. The third-order valence-corrected chi connectivity index (χ3v) is 4.95. The van der Waals surface area contributed by atoms with Crippen molar-refractivity contribution in [3.8, 4) is 0 Å². The van der Waals surface area contributed by atoms with Crippen LogP contribution in [0.25, 0.3) is 5.52 Å². The number of anilines is 2. The van der Waals surface area contributed by atoms with Crippen molar-refractivity contribution in [2.75, 3.05) is 4.90 Å². The van der Waals surface area contributed by atoms with Crippen molar-refractivity contribution in [1.29, 1.82) is 0 Å². The first kappa shape index (κ1) is 18.7. The van der Waals surface area contributed by atoms with Crippen LogP contribution < -0.4 is 4.90 Å². The van der Waals surface area contributed by atoms with E-state index in [0.717, 1.165) is 21.5 Å². The van der Waals surface area contributed by atoms with Crippen molar-refractivity contribution in [3.05, 3.63) is 57.7 Å². The molecule has 0 saturated carbocycles. The van der Waals surface area contributed by atoms with E-state index in [1.165, 1.54) is 13.0 Å². The van der Waals surface area contributed by atoms with Gasteiger partial charge in [-0.25, -0.2) is 13.3 Å². The number of amides is 1. The van der Waals surface area contributed by atoms with E-state index in [9.17, 15) is 26.7 Å². The van der Waals surface area contributed by atoms with Gasteiger partial charge in [0.1, 0.15) is 0 Å². The van der Waals surface area contributed by atoms with E-state index in [4.69, 9.17) is 11.6 Å². The fraction of sp³-hybridized carbons (Fsp3) is 0.222. The van der Waals surface area contributed by atoms with E-state index in [1.807, 2.05) is 0 Å². The molecule has 0 unspecified atom stereocenters. The van der Waals surface area contributed by atoms with Crippen LogP contribution in [0, 0.1) is 6.92 Å². The van der Waals surface area contributed by atoms with Crippen LogP contribution in [0.2, 0.25) is 5.02 Å². The molecule has 0 aliphatic carbocycles.